The quantitative estimate of drug-likeness (QED) is 0.148. The number of thiol groups is 1. The lowest BCUT2D eigenvalue weighted by atomic mass is 10.1. The second-order valence-electron chi connectivity index (χ2n) is 10.7. The van der Waals surface area contributed by atoms with Crippen LogP contribution < -0.4 is 11.3 Å². The third-order valence-electron chi connectivity index (χ3n) is 7.86. The molecule has 8 rings (SSSR count). The summed E-state index contributed by atoms with van der Waals surface area (Å²) in [5, 5.41) is 0. The number of aromatic amines is 1. The van der Waals surface area contributed by atoms with Crippen LogP contribution in [0.1, 0.15) is 12.5 Å². The number of hydrogen-bond donors (Lipinski definition) is 4. The van der Waals surface area contributed by atoms with Crippen molar-refractivity contribution in [3.8, 4) is 0 Å². The summed E-state index contributed by atoms with van der Waals surface area (Å²) in [5.74, 6) is 0.208. The van der Waals surface area contributed by atoms with Gasteiger partial charge in [0.05, 0.1) is 25.9 Å². The molecule has 5 aromatic rings. The molecule has 0 amide bonds. The minimum Gasteiger partial charge on any atom is -0.382 e. The predicted molar refractivity (Wildman–Crippen MR) is 161 cm³/mol. The molecule has 10 atom stereocenters. The van der Waals surface area contributed by atoms with Crippen LogP contribution >= 0.6 is 25.8 Å². The fourth-order valence-electron chi connectivity index (χ4n) is 5.77. The van der Waals surface area contributed by atoms with Crippen molar-refractivity contribution in [3.05, 3.63) is 41.7 Å². The van der Waals surface area contributed by atoms with E-state index < -0.39 is 81.5 Å². The third kappa shape index (κ3) is 5.29. The van der Waals surface area contributed by atoms with Crippen molar-refractivity contribution < 1.29 is 45.8 Å². The first kappa shape index (κ1) is 31.3. The summed E-state index contributed by atoms with van der Waals surface area (Å²) in [6, 6.07) is 0. The van der Waals surface area contributed by atoms with E-state index in [0.29, 0.717) is 0 Å². The Hall–Kier alpha value is -2.95. The molecule has 8 heterocycles. The second kappa shape index (κ2) is 11.3. The number of halogens is 2. The van der Waals surface area contributed by atoms with E-state index >= 15 is 8.78 Å². The van der Waals surface area contributed by atoms with E-state index in [1.165, 1.54) is 38.6 Å². The molecule has 19 nitrogen and oxygen atoms in total. The number of imidazole rings is 3. The van der Waals surface area contributed by atoms with Crippen molar-refractivity contribution in [2.24, 2.45) is 0 Å². The molecular formula is C22H22F2N10O9P2S2. The minimum atomic E-state index is -4.46. The van der Waals surface area contributed by atoms with Crippen LogP contribution in [0.2, 0.25) is 0 Å². The maximum absolute atomic E-state index is 16.1. The summed E-state index contributed by atoms with van der Waals surface area (Å²) in [5.41, 5.74) is 5.72. The number of alkyl halides is 2. The highest BCUT2D eigenvalue weighted by Gasteiger charge is 2.54. The van der Waals surface area contributed by atoms with Gasteiger partial charge >= 0.3 is 13.5 Å². The van der Waals surface area contributed by atoms with Crippen LogP contribution in [0.3, 0.4) is 0 Å². The van der Waals surface area contributed by atoms with Gasteiger partial charge in [0.25, 0.3) is 5.56 Å². The van der Waals surface area contributed by atoms with Crippen LogP contribution in [0.5, 0.6) is 0 Å². The molecule has 3 aliphatic rings. The first-order valence-electron chi connectivity index (χ1n) is 13.7. The summed E-state index contributed by atoms with van der Waals surface area (Å²) >= 11 is 9.22. The van der Waals surface area contributed by atoms with Gasteiger partial charge in [0.15, 0.2) is 47.4 Å². The van der Waals surface area contributed by atoms with Gasteiger partial charge in [0, 0.05) is 12.4 Å². The van der Waals surface area contributed by atoms with Gasteiger partial charge in [-0.2, -0.15) is 0 Å². The Balaban J connectivity index is 1.13. The van der Waals surface area contributed by atoms with Crippen LogP contribution in [-0.4, -0.2) is 98.3 Å². The van der Waals surface area contributed by atoms with Crippen molar-refractivity contribution in [3.63, 3.8) is 0 Å². The molecular weight excluding hydrogens is 712 g/mol. The van der Waals surface area contributed by atoms with E-state index in [0.717, 1.165) is 6.33 Å². The first-order valence-corrected chi connectivity index (χ1v) is 18.9. The zero-order chi connectivity index (χ0) is 32.8. The van der Waals surface area contributed by atoms with Gasteiger partial charge in [-0.3, -0.25) is 36.9 Å². The zero-order valence-corrected chi connectivity index (χ0v) is 26.8. The Labute approximate surface area is 270 Å². The van der Waals surface area contributed by atoms with Gasteiger partial charge in [0.1, 0.15) is 36.3 Å². The molecule has 0 aliphatic carbocycles. The van der Waals surface area contributed by atoms with E-state index in [1.54, 1.807) is 0 Å². The molecule has 2 unspecified atom stereocenters. The highest BCUT2D eigenvalue weighted by atomic mass is 32.7. The standard InChI is InChI=1S/C22H22F2N10O9P2S2/c23-10-8-3-38-44(36,46)42-14-9(41-20(11(14)24)33-6-29-12-16(25)27-5-28-17(12)33)4-39-45(37,47)43-15(10)21(40-8)34-7-30-13-18(35)31-22-26-1-2-32(22)19(13)34/h1-2,5-11,14-15,20-21H,3-4H2,(H,36,46)(H,37,47)(H2,25,27,28)(H,26,31,35)/t8-,9-,10-,11-,14-,15-,20-,21-,44?,45?/m1/s1. The normalized spacial score (nSPS) is 36.8. The topological polar surface area (TPSA) is 230 Å². The SMILES string of the molecule is Nc1ncnc2c1ncn2[C@@H]1O[C@@H]2COP(O)(=S)O[C@@H]3[C@H](F)[C@@H](COP(=O)(S)O[C@H]2[C@H]1F)O[C@H]3n1cnc2c(=O)[nH]c3nccn3c21. The Morgan fingerprint density at radius 2 is 1.72 bits per heavy atom. The van der Waals surface area contributed by atoms with Gasteiger partial charge in [-0.05, 0) is 11.8 Å². The number of nitrogens with one attached hydrogen (secondary N) is 1. The van der Waals surface area contributed by atoms with Gasteiger partial charge in [0.2, 0.25) is 5.78 Å². The van der Waals surface area contributed by atoms with Crippen molar-refractivity contribution in [1.82, 2.24) is 43.4 Å². The summed E-state index contributed by atoms with van der Waals surface area (Å²) < 4.78 is 83.4. The molecule has 0 radical (unpaired) electrons. The minimum absolute atomic E-state index is 0.0325. The van der Waals surface area contributed by atoms with E-state index in [1.807, 2.05) is 0 Å². The Kier molecular flexibility index (Phi) is 7.54. The largest absolute Gasteiger partial charge is 0.386 e. The third-order valence-corrected chi connectivity index (χ3v) is 11.0. The number of fused-ring (bicyclic) bond motifs is 7. The zero-order valence-electron chi connectivity index (χ0n) is 23.3. The molecule has 47 heavy (non-hydrogen) atoms. The molecule has 0 spiro atoms. The molecule has 3 saturated heterocycles. The van der Waals surface area contributed by atoms with E-state index in [-0.39, 0.29) is 33.9 Å². The maximum Gasteiger partial charge on any atom is 0.386 e. The number of nitrogens with zero attached hydrogens (tertiary/aromatic N) is 8. The van der Waals surface area contributed by atoms with Crippen LogP contribution in [0, 0.1) is 0 Å². The van der Waals surface area contributed by atoms with Crippen molar-refractivity contribution in [2.45, 2.75) is 49.2 Å². The summed E-state index contributed by atoms with van der Waals surface area (Å²) in [6.45, 7) is -10.2. The molecule has 25 heteroatoms. The molecule has 0 saturated carbocycles. The van der Waals surface area contributed by atoms with Crippen LogP contribution in [0.4, 0.5) is 14.6 Å². The number of nitrogens with two attached hydrogens (primary N) is 1. The Morgan fingerprint density at radius 3 is 2.55 bits per heavy atom. The highest BCUT2D eigenvalue weighted by molar-refractivity contribution is 8.44. The lowest BCUT2D eigenvalue weighted by molar-refractivity contribution is -0.0585. The number of H-pyrrole nitrogens is 1. The van der Waals surface area contributed by atoms with Crippen LogP contribution in [0.25, 0.3) is 28.1 Å². The molecule has 3 fully saturated rings. The van der Waals surface area contributed by atoms with Gasteiger partial charge in [-0.25, -0.2) is 38.3 Å². The predicted octanol–water partition coefficient (Wildman–Crippen LogP) is 1.34. The Bertz CT molecular complexity index is 2180. The van der Waals surface area contributed by atoms with Gasteiger partial charge < -0.3 is 24.6 Å². The molecule has 2 bridgehead atoms. The lowest BCUT2D eigenvalue weighted by Crippen LogP contribution is -2.34. The van der Waals surface area contributed by atoms with Crippen molar-refractivity contribution in [1.29, 1.82) is 0 Å². The summed E-state index contributed by atoms with van der Waals surface area (Å²) in [7, 11) is 0. The van der Waals surface area contributed by atoms with Crippen molar-refractivity contribution in [2.75, 3.05) is 18.9 Å². The maximum atomic E-state index is 16.1. The number of aromatic nitrogens is 9. The van der Waals surface area contributed by atoms with Crippen LogP contribution in [0.15, 0.2) is 36.2 Å². The van der Waals surface area contributed by atoms with E-state index in [4.69, 9.17) is 45.1 Å². The number of hydrogen-bond acceptors (Lipinski definition) is 15. The summed E-state index contributed by atoms with van der Waals surface area (Å²) in [6.07, 6.45) is -6.63. The van der Waals surface area contributed by atoms with Crippen molar-refractivity contribution >= 4 is 71.5 Å². The number of anilines is 1. The van der Waals surface area contributed by atoms with Gasteiger partial charge in [-0.15, -0.1) is 0 Å². The average Bonchev–Trinajstić information content (AvgIpc) is 3.84. The number of nitrogen functional groups attached to an aromatic ring is 1. The van der Waals surface area contributed by atoms with E-state index in [9.17, 15) is 14.3 Å². The molecule has 0 aromatic carbocycles. The average molecular weight is 735 g/mol. The fourth-order valence-corrected chi connectivity index (χ4v) is 8.66. The molecule has 250 valence electrons. The highest BCUT2D eigenvalue weighted by Crippen LogP contribution is 2.58. The first-order chi connectivity index (χ1) is 22.4. The monoisotopic (exact) mass is 734 g/mol. The molecule has 3 aliphatic heterocycles. The molecule has 5 aromatic heterocycles. The van der Waals surface area contributed by atoms with E-state index in [2.05, 4.69) is 42.2 Å². The smallest absolute Gasteiger partial charge is 0.382 e. The lowest BCUT2D eigenvalue weighted by Gasteiger charge is -2.27. The van der Waals surface area contributed by atoms with Gasteiger partial charge in [-0.1, -0.05) is 12.2 Å². The summed E-state index contributed by atoms with van der Waals surface area (Å²) in [4.78, 5) is 46.6. The Morgan fingerprint density at radius 1 is 0.979 bits per heavy atom. The molecule has 4 N–H and O–H groups in total. The number of rotatable bonds is 2. The second-order valence-corrected chi connectivity index (χ2v) is 16.3. The fraction of sp³-hybridized carbons (Fsp3) is 0.455. The number of ether oxygens (including phenoxy) is 2. The van der Waals surface area contributed by atoms with Crippen LogP contribution in [-0.2, 0) is 43.9 Å².